The summed E-state index contributed by atoms with van der Waals surface area (Å²) in [6, 6.07) is 9.81. The highest BCUT2D eigenvalue weighted by molar-refractivity contribution is 5.85. The minimum absolute atomic E-state index is 0.0152. The molecular formula is C17H16N4O2. The van der Waals surface area contributed by atoms with Crippen LogP contribution in [0.1, 0.15) is 28.7 Å². The van der Waals surface area contributed by atoms with Gasteiger partial charge in [0.25, 0.3) is 0 Å². The van der Waals surface area contributed by atoms with Gasteiger partial charge in [0.05, 0.1) is 0 Å². The molecule has 2 heterocycles. The van der Waals surface area contributed by atoms with Gasteiger partial charge >= 0.3 is 5.97 Å². The van der Waals surface area contributed by atoms with Crippen molar-refractivity contribution in [3.63, 3.8) is 0 Å². The van der Waals surface area contributed by atoms with Crippen LogP contribution < -0.4 is 0 Å². The van der Waals surface area contributed by atoms with Crippen molar-refractivity contribution in [3.05, 3.63) is 59.8 Å². The smallest absolute Gasteiger partial charge is 0.356 e. The molecule has 0 aliphatic heterocycles. The highest BCUT2D eigenvalue weighted by Crippen LogP contribution is 2.19. The third kappa shape index (κ3) is 3.11. The summed E-state index contributed by atoms with van der Waals surface area (Å²) < 4.78 is 1.60. The molecule has 0 saturated heterocycles. The molecule has 116 valence electrons. The third-order valence-corrected chi connectivity index (χ3v) is 3.50. The van der Waals surface area contributed by atoms with E-state index in [2.05, 4.69) is 15.0 Å². The molecular weight excluding hydrogens is 292 g/mol. The van der Waals surface area contributed by atoms with Crippen molar-refractivity contribution in [2.24, 2.45) is 0 Å². The van der Waals surface area contributed by atoms with E-state index in [9.17, 15) is 4.79 Å². The average molecular weight is 308 g/mol. The van der Waals surface area contributed by atoms with Crippen LogP contribution in [0.3, 0.4) is 0 Å². The molecule has 3 aromatic rings. The number of aromatic carboxylic acids is 1. The molecule has 1 N–H and O–H groups in total. The molecule has 0 radical (unpaired) electrons. The van der Waals surface area contributed by atoms with Crippen molar-refractivity contribution >= 4 is 5.97 Å². The number of aromatic nitrogens is 4. The van der Waals surface area contributed by atoms with Crippen molar-refractivity contribution in [1.82, 2.24) is 19.5 Å². The van der Waals surface area contributed by atoms with E-state index in [0.717, 1.165) is 17.7 Å². The topological polar surface area (TPSA) is 80.9 Å². The van der Waals surface area contributed by atoms with Crippen molar-refractivity contribution in [2.45, 2.75) is 20.3 Å². The number of benzene rings is 1. The number of rotatable bonds is 4. The van der Waals surface area contributed by atoms with Gasteiger partial charge in [-0.1, -0.05) is 36.8 Å². The highest BCUT2D eigenvalue weighted by Gasteiger charge is 2.11. The first-order valence-electron chi connectivity index (χ1n) is 7.29. The maximum absolute atomic E-state index is 11.0. The van der Waals surface area contributed by atoms with Crippen LogP contribution in [0.25, 0.3) is 17.2 Å². The summed E-state index contributed by atoms with van der Waals surface area (Å²) >= 11 is 0. The lowest BCUT2D eigenvalue weighted by atomic mass is 10.1. The van der Waals surface area contributed by atoms with Crippen LogP contribution >= 0.6 is 0 Å². The first-order valence-corrected chi connectivity index (χ1v) is 7.29. The average Bonchev–Trinajstić information content (AvgIpc) is 3.05. The van der Waals surface area contributed by atoms with E-state index in [4.69, 9.17) is 5.11 Å². The Labute approximate surface area is 133 Å². The summed E-state index contributed by atoms with van der Waals surface area (Å²) in [7, 11) is 0. The molecule has 0 amide bonds. The number of hydrogen-bond acceptors (Lipinski definition) is 4. The summed E-state index contributed by atoms with van der Waals surface area (Å²) in [6.45, 7) is 4.04. The number of hydrogen-bond donors (Lipinski definition) is 1. The Hall–Kier alpha value is -3.02. The van der Waals surface area contributed by atoms with Gasteiger partial charge in [0, 0.05) is 23.5 Å². The number of carboxylic acid groups (broad SMARTS) is 1. The van der Waals surface area contributed by atoms with E-state index in [0.29, 0.717) is 11.6 Å². The fraction of sp³-hybridized carbons (Fsp3) is 0.176. The molecule has 0 spiro atoms. The van der Waals surface area contributed by atoms with Gasteiger partial charge in [0.15, 0.2) is 11.5 Å². The van der Waals surface area contributed by atoms with E-state index in [1.165, 1.54) is 18.1 Å². The van der Waals surface area contributed by atoms with Crippen LogP contribution in [-0.4, -0.2) is 30.6 Å². The SMILES string of the molecule is CCc1cc(-n2cnc(C(=O)O)c2)nc(-c2ccc(C)cc2)n1. The summed E-state index contributed by atoms with van der Waals surface area (Å²) in [4.78, 5) is 23.9. The Balaban J connectivity index is 2.08. The Morgan fingerprint density at radius 1 is 1.22 bits per heavy atom. The van der Waals surface area contributed by atoms with Crippen molar-refractivity contribution in [2.75, 3.05) is 0 Å². The molecule has 0 aliphatic rings. The van der Waals surface area contributed by atoms with Gasteiger partial charge in [-0.25, -0.2) is 19.7 Å². The van der Waals surface area contributed by atoms with E-state index in [1.54, 1.807) is 4.57 Å². The number of imidazole rings is 1. The van der Waals surface area contributed by atoms with Crippen LogP contribution in [-0.2, 0) is 6.42 Å². The fourth-order valence-electron chi connectivity index (χ4n) is 2.19. The lowest BCUT2D eigenvalue weighted by Crippen LogP contribution is -2.02. The van der Waals surface area contributed by atoms with Crippen molar-refractivity contribution in [1.29, 1.82) is 0 Å². The predicted octanol–water partition coefficient (Wildman–Crippen LogP) is 2.90. The second-order valence-electron chi connectivity index (χ2n) is 5.23. The zero-order valence-electron chi connectivity index (χ0n) is 12.9. The van der Waals surface area contributed by atoms with E-state index < -0.39 is 5.97 Å². The van der Waals surface area contributed by atoms with Gasteiger partial charge in [-0.15, -0.1) is 0 Å². The number of nitrogens with zero attached hydrogens (tertiary/aromatic N) is 4. The molecule has 0 bridgehead atoms. The highest BCUT2D eigenvalue weighted by atomic mass is 16.4. The summed E-state index contributed by atoms with van der Waals surface area (Å²) in [5, 5.41) is 9.00. The molecule has 3 rings (SSSR count). The number of aryl methyl sites for hydroxylation is 2. The van der Waals surface area contributed by atoms with Crippen molar-refractivity contribution < 1.29 is 9.90 Å². The first kappa shape index (κ1) is 14.9. The van der Waals surface area contributed by atoms with Gasteiger partial charge in [0.1, 0.15) is 12.1 Å². The predicted molar refractivity (Wildman–Crippen MR) is 85.7 cm³/mol. The van der Waals surface area contributed by atoms with Gasteiger partial charge in [-0.2, -0.15) is 0 Å². The number of carboxylic acids is 1. The van der Waals surface area contributed by atoms with Gasteiger partial charge in [-0.3, -0.25) is 4.57 Å². The zero-order chi connectivity index (χ0) is 16.4. The lowest BCUT2D eigenvalue weighted by molar-refractivity contribution is 0.0691. The monoisotopic (exact) mass is 308 g/mol. The normalized spacial score (nSPS) is 10.7. The largest absolute Gasteiger partial charge is 0.476 e. The first-order chi connectivity index (χ1) is 11.1. The molecule has 0 fully saturated rings. The quantitative estimate of drug-likeness (QED) is 0.801. The standard InChI is InChI=1S/C17H16N4O2/c1-3-13-8-15(21-9-14(17(22)23)18-10-21)20-16(19-13)12-6-4-11(2)5-7-12/h4-10H,3H2,1-2H3,(H,22,23). The van der Waals surface area contributed by atoms with Crippen LogP contribution in [0.2, 0.25) is 0 Å². The maximum atomic E-state index is 11.0. The maximum Gasteiger partial charge on any atom is 0.356 e. The molecule has 0 unspecified atom stereocenters. The van der Waals surface area contributed by atoms with Gasteiger partial charge in [-0.05, 0) is 13.3 Å². The zero-order valence-corrected chi connectivity index (χ0v) is 12.9. The Kier molecular flexibility index (Phi) is 3.89. The minimum atomic E-state index is -1.06. The van der Waals surface area contributed by atoms with Crippen LogP contribution in [0.5, 0.6) is 0 Å². The minimum Gasteiger partial charge on any atom is -0.476 e. The van der Waals surface area contributed by atoms with Crippen LogP contribution in [0, 0.1) is 6.92 Å². The molecule has 0 aliphatic carbocycles. The molecule has 0 atom stereocenters. The van der Waals surface area contributed by atoms with Gasteiger partial charge < -0.3 is 5.11 Å². The molecule has 6 heteroatoms. The Morgan fingerprint density at radius 2 is 1.96 bits per heavy atom. The molecule has 0 saturated carbocycles. The molecule has 6 nitrogen and oxygen atoms in total. The lowest BCUT2D eigenvalue weighted by Gasteiger charge is -2.08. The molecule has 2 aromatic heterocycles. The third-order valence-electron chi connectivity index (χ3n) is 3.50. The molecule has 1 aromatic carbocycles. The van der Waals surface area contributed by atoms with E-state index >= 15 is 0 Å². The van der Waals surface area contributed by atoms with Crippen LogP contribution in [0.15, 0.2) is 42.9 Å². The second-order valence-corrected chi connectivity index (χ2v) is 5.23. The Morgan fingerprint density at radius 3 is 2.57 bits per heavy atom. The summed E-state index contributed by atoms with van der Waals surface area (Å²) in [6.07, 6.45) is 3.65. The fourth-order valence-corrected chi connectivity index (χ4v) is 2.19. The van der Waals surface area contributed by atoms with Crippen molar-refractivity contribution in [3.8, 4) is 17.2 Å². The second kappa shape index (κ2) is 6.00. The van der Waals surface area contributed by atoms with E-state index in [-0.39, 0.29) is 5.69 Å². The summed E-state index contributed by atoms with van der Waals surface area (Å²) in [5.74, 6) is 0.157. The van der Waals surface area contributed by atoms with E-state index in [1.807, 2.05) is 44.2 Å². The Bertz CT molecular complexity index is 853. The number of carbonyl (C=O) groups is 1. The van der Waals surface area contributed by atoms with Gasteiger partial charge in [0.2, 0.25) is 0 Å². The summed E-state index contributed by atoms with van der Waals surface area (Å²) in [5.41, 5.74) is 2.96. The van der Waals surface area contributed by atoms with Crippen LogP contribution in [0.4, 0.5) is 0 Å². The molecule has 23 heavy (non-hydrogen) atoms.